The van der Waals surface area contributed by atoms with E-state index in [-0.39, 0.29) is 35.1 Å². The van der Waals surface area contributed by atoms with Gasteiger partial charge < -0.3 is 10.1 Å². The van der Waals surface area contributed by atoms with E-state index in [0.29, 0.717) is 5.02 Å². The summed E-state index contributed by atoms with van der Waals surface area (Å²) in [4.78, 5) is 29.6. The molecule has 0 saturated heterocycles. The number of aromatic nitrogens is 2. The Morgan fingerprint density at radius 2 is 1.92 bits per heavy atom. The van der Waals surface area contributed by atoms with Crippen molar-refractivity contribution in [1.29, 1.82) is 0 Å². The molecule has 0 fully saturated rings. The topological polar surface area (TPSA) is 120 Å². The average Bonchev–Trinajstić information content (AvgIpc) is 2.56. The van der Waals surface area contributed by atoms with Crippen LogP contribution in [0.1, 0.15) is 24.0 Å². The quantitative estimate of drug-likeness (QED) is 0.729. The number of H-pyrrole nitrogens is 1. The summed E-state index contributed by atoms with van der Waals surface area (Å²) in [5.41, 5.74) is -0.286. The predicted molar refractivity (Wildman–Crippen MR) is 95.7 cm³/mol. The number of benzene rings is 1. The lowest BCUT2D eigenvalue weighted by atomic mass is 10.2. The van der Waals surface area contributed by atoms with Crippen LogP contribution >= 0.6 is 11.6 Å². The Morgan fingerprint density at radius 3 is 2.42 bits per heavy atom. The summed E-state index contributed by atoms with van der Waals surface area (Å²) < 4.78 is 26.7. The Hall–Kier alpha value is -2.23. The molecule has 2 N–H and O–H groups in total. The molecule has 0 unspecified atom stereocenters. The van der Waals surface area contributed by atoms with Crippen LogP contribution in [0.25, 0.3) is 0 Å². The van der Waals surface area contributed by atoms with Crippen LogP contribution in [-0.4, -0.2) is 40.3 Å². The van der Waals surface area contributed by atoms with Crippen molar-refractivity contribution in [2.45, 2.75) is 31.7 Å². The Balaban J connectivity index is 2.34. The van der Waals surface area contributed by atoms with Gasteiger partial charge in [-0.1, -0.05) is 18.5 Å². The molecule has 0 bridgehead atoms. The fourth-order valence-corrected chi connectivity index (χ4v) is 3.93. The van der Waals surface area contributed by atoms with Crippen molar-refractivity contribution >= 4 is 27.6 Å². The first-order valence-corrected chi connectivity index (χ1v) is 9.53. The second-order valence-electron chi connectivity index (χ2n) is 5.53. The average molecular weight is 400 g/mol. The van der Waals surface area contributed by atoms with Gasteiger partial charge in [0.15, 0.2) is 0 Å². The fourth-order valence-electron chi connectivity index (χ4n) is 2.39. The molecule has 0 amide bonds. The van der Waals surface area contributed by atoms with Crippen LogP contribution in [0.2, 0.25) is 5.02 Å². The summed E-state index contributed by atoms with van der Waals surface area (Å²) in [6.07, 6.45) is -0.449. The van der Waals surface area contributed by atoms with Gasteiger partial charge in [0, 0.05) is 22.8 Å². The molecule has 0 aliphatic rings. The van der Waals surface area contributed by atoms with Crippen molar-refractivity contribution in [3.8, 4) is 0 Å². The second-order valence-corrected chi connectivity index (χ2v) is 7.91. The van der Waals surface area contributed by atoms with Crippen LogP contribution in [0.4, 0.5) is 0 Å². The van der Waals surface area contributed by atoms with E-state index >= 15 is 0 Å². The monoisotopic (exact) mass is 399 g/mol. The van der Waals surface area contributed by atoms with Crippen molar-refractivity contribution in [1.82, 2.24) is 14.3 Å². The minimum Gasteiger partial charge on any atom is -0.481 e. The first-order valence-electron chi connectivity index (χ1n) is 7.71. The third-order valence-corrected chi connectivity index (χ3v) is 5.92. The number of aromatic amines is 1. The van der Waals surface area contributed by atoms with Gasteiger partial charge in [-0.2, -0.15) is 4.31 Å². The van der Waals surface area contributed by atoms with E-state index < -0.39 is 28.0 Å². The minimum atomic E-state index is -3.80. The zero-order valence-electron chi connectivity index (χ0n) is 14.2. The van der Waals surface area contributed by atoms with E-state index in [4.69, 9.17) is 16.7 Å². The number of halogens is 1. The van der Waals surface area contributed by atoms with E-state index in [1.807, 2.05) is 0 Å². The highest BCUT2D eigenvalue weighted by atomic mass is 35.5. The number of carboxylic acids is 1. The lowest BCUT2D eigenvalue weighted by molar-refractivity contribution is -0.136. The summed E-state index contributed by atoms with van der Waals surface area (Å²) in [7, 11) is -3.80. The van der Waals surface area contributed by atoms with Gasteiger partial charge in [-0.05, 0) is 31.2 Å². The van der Waals surface area contributed by atoms with Gasteiger partial charge in [0.05, 0.1) is 17.9 Å². The van der Waals surface area contributed by atoms with Crippen LogP contribution < -0.4 is 5.56 Å². The molecule has 0 atom stereocenters. The second kappa shape index (κ2) is 7.98. The molecule has 0 spiro atoms. The van der Waals surface area contributed by atoms with Crippen LogP contribution in [0.15, 0.2) is 34.0 Å². The van der Waals surface area contributed by atoms with Crippen molar-refractivity contribution in [3.05, 3.63) is 56.7 Å². The number of hydrogen-bond donors (Lipinski definition) is 2. The zero-order valence-corrected chi connectivity index (χ0v) is 15.8. The number of carboxylic acid groups (broad SMARTS) is 1. The molecule has 0 radical (unpaired) electrons. The first kappa shape index (κ1) is 20.1. The van der Waals surface area contributed by atoms with Gasteiger partial charge in [0.1, 0.15) is 5.82 Å². The number of hydrogen-bond acceptors (Lipinski definition) is 5. The number of aliphatic carboxylic acids is 1. The number of sulfonamides is 1. The number of nitrogens with one attached hydrogen (secondary N) is 1. The highest BCUT2D eigenvalue weighted by Crippen LogP contribution is 2.19. The number of aryl methyl sites for hydroxylation is 1. The van der Waals surface area contributed by atoms with Crippen LogP contribution in [0.3, 0.4) is 0 Å². The summed E-state index contributed by atoms with van der Waals surface area (Å²) in [5, 5.41) is 9.26. The number of carbonyl (C=O) groups is 1. The van der Waals surface area contributed by atoms with Crippen LogP contribution in [-0.2, 0) is 27.8 Å². The lowest BCUT2D eigenvalue weighted by Crippen LogP contribution is -2.32. The number of rotatable bonds is 7. The Kier molecular flexibility index (Phi) is 6.17. The molecule has 140 valence electrons. The third kappa shape index (κ3) is 4.48. The predicted octanol–water partition coefficient (Wildman–Crippen LogP) is 1.57. The molecule has 26 heavy (non-hydrogen) atoms. The highest BCUT2D eigenvalue weighted by Gasteiger charge is 2.24. The van der Waals surface area contributed by atoms with Crippen LogP contribution in [0, 0.1) is 6.92 Å². The third-order valence-electron chi connectivity index (χ3n) is 3.73. The first-order chi connectivity index (χ1) is 12.1. The highest BCUT2D eigenvalue weighted by molar-refractivity contribution is 7.89. The molecule has 10 heteroatoms. The Labute approximate surface area is 155 Å². The molecule has 2 rings (SSSR count). The summed E-state index contributed by atoms with van der Waals surface area (Å²) in [6.45, 7) is 3.19. The molecule has 2 aromatic rings. The summed E-state index contributed by atoms with van der Waals surface area (Å²) in [6, 6.07) is 5.76. The van der Waals surface area contributed by atoms with Crippen molar-refractivity contribution in [2.24, 2.45) is 0 Å². The van der Waals surface area contributed by atoms with Gasteiger partial charge >= 0.3 is 5.97 Å². The number of nitrogens with zero attached hydrogens (tertiary/aromatic N) is 2. The SMILES string of the molecule is CCN(Cc1nc(C)c(CC(=O)O)c(=O)[nH]1)S(=O)(=O)c1ccc(Cl)cc1. The van der Waals surface area contributed by atoms with Gasteiger partial charge in [-0.25, -0.2) is 13.4 Å². The molecule has 0 aliphatic heterocycles. The summed E-state index contributed by atoms with van der Waals surface area (Å²) >= 11 is 5.79. The maximum atomic E-state index is 12.7. The standard InChI is InChI=1S/C16H18ClN3O5S/c1-3-20(26(24,25)12-6-4-11(17)5-7-12)9-14-18-10(2)13(8-15(21)22)16(23)19-14/h4-7H,3,8-9H2,1-2H3,(H,21,22)(H,18,19,23). The van der Waals surface area contributed by atoms with E-state index in [2.05, 4.69) is 9.97 Å². The molecule has 1 aromatic carbocycles. The van der Waals surface area contributed by atoms with E-state index in [9.17, 15) is 18.0 Å². The largest absolute Gasteiger partial charge is 0.481 e. The van der Waals surface area contributed by atoms with Crippen molar-refractivity contribution in [2.75, 3.05) is 6.54 Å². The van der Waals surface area contributed by atoms with Gasteiger partial charge in [-0.15, -0.1) is 0 Å². The van der Waals surface area contributed by atoms with Gasteiger partial charge in [0.2, 0.25) is 10.0 Å². The lowest BCUT2D eigenvalue weighted by Gasteiger charge is -2.20. The maximum absolute atomic E-state index is 12.7. The minimum absolute atomic E-state index is 0.0462. The van der Waals surface area contributed by atoms with Gasteiger partial charge in [-0.3, -0.25) is 9.59 Å². The summed E-state index contributed by atoms with van der Waals surface area (Å²) in [5.74, 6) is -1.00. The molecular weight excluding hydrogens is 382 g/mol. The Bertz CT molecular complexity index is 970. The van der Waals surface area contributed by atoms with Gasteiger partial charge in [0.25, 0.3) is 5.56 Å². The smallest absolute Gasteiger partial charge is 0.308 e. The molecule has 8 nitrogen and oxygen atoms in total. The van der Waals surface area contributed by atoms with E-state index in [1.165, 1.54) is 31.2 Å². The molecule has 1 aromatic heterocycles. The molecule has 1 heterocycles. The van der Waals surface area contributed by atoms with Crippen molar-refractivity contribution in [3.63, 3.8) is 0 Å². The molecule has 0 saturated carbocycles. The van der Waals surface area contributed by atoms with E-state index in [1.54, 1.807) is 6.92 Å². The molecular formula is C16H18ClN3O5S. The maximum Gasteiger partial charge on any atom is 0.308 e. The Morgan fingerprint density at radius 1 is 1.31 bits per heavy atom. The normalized spacial score (nSPS) is 11.7. The van der Waals surface area contributed by atoms with Crippen LogP contribution in [0.5, 0.6) is 0 Å². The molecule has 0 aliphatic carbocycles. The van der Waals surface area contributed by atoms with Crippen molar-refractivity contribution < 1.29 is 18.3 Å². The zero-order chi connectivity index (χ0) is 19.5. The van der Waals surface area contributed by atoms with E-state index in [0.717, 1.165) is 4.31 Å². The fraction of sp³-hybridized carbons (Fsp3) is 0.312.